The van der Waals surface area contributed by atoms with E-state index < -0.39 is 17.4 Å². The van der Waals surface area contributed by atoms with Crippen LogP contribution in [0, 0.1) is 11.3 Å². The van der Waals surface area contributed by atoms with Gasteiger partial charge in [0.2, 0.25) is 0 Å². The van der Waals surface area contributed by atoms with Crippen molar-refractivity contribution >= 4 is 23.4 Å². The first-order chi connectivity index (χ1) is 21.3. The summed E-state index contributed by atoms with van der Waals surface area (Å²) < 4.78 is 39.9. The Morgan fingerprint density at radius 2 is 1.73 bits per heavy atom. The van der Waals surface area contributed by atoms with E-state index in [1.807, 2.05) is 17.0 Å². The van der Waals surface area contributed by atoms with Crippen LogP contribution in [0.3, 0.4) is 0 Å². The van der Waals surface area contributed by atoms with Gasteiger partial charge in [0.25, 0.3) is 11.8 Å². The van der Waals surface area contributed by atoms with Gasteiger partial charge in [-0.1, -0.05) is 64.8 Å². The van der Waals surface area contributed by atoms with Crippen LogP contribution < -0.4 is 21.8 Å². The molecule has 1 fully saturated rings. The number of amides is 2. The minimum atomic E-state index is -4.47. The number of halogens is 3. The van der Waals surface area contributed by atoms with E-state index in [9.17, 15) is 22.8 Å². The molecule has 0 bridgehead atoms. The third-order valence-corrected chi connectivity index (χ3v) is 9.26. The van der Waals surface area contributed by atoms with Crippen molar-refractivity contribution in [1.82, 2.24) is 26.7 Å². The van der Waals surface area contributed by atoms with Crippen molar-refractivity contribution in [2.75, 3.05) is 6.54 Å². The Balaban J connectivity index is 1.46. The summed E-state index contributed by atoms with van der Waals surface area (Å²) in [7, 11) is 0. The molecule has 1 unspecified atom stereocenters. The average molecular weight is 626 g/mol. The van der Waals surface area contributed by atoms with Crippen LogP contribution in [0.5, 0.6) is 0 Å². The lowest BCUT2D eigenvalue weighted by molar-refractivity contribution is -0.137. The van der Waals surface area contributed by atoms with Gasteiger partial charge in [0, 0.05) is 11.1 Å². The Labute approximate surface area is 262 Å². The average Bonchev–Trinajstić information content (AvgIpc) is 3.63. The van der Waals surface area contributed by atoms with Crippen LogP contribution in [0.15, 0.2) is 58.6 Å². The second-order valence-corrected chi connectivity index (χ2v) is 13.2. The first kappa shape index (κ1) is 32.5. The van der Waals surface area contributed by atoms with Crippen LogP contribution >= 0.6 is 0 Å². The highest BCUT2D eigenvalue weighted by Crippen LogP contribution is 2.50. The summed E-state index contributed by atoms with van der Waals surface area (Å²) in [6.45, 7) is 9.01. The Bertz CT molecular complexity index is 1440. The smallest absolute Gasteiger partial charge is 0.345 e. The molecule has 12 heteroatoms. The number of carbonyl (C=O) groups is 2. The second-order valence-electron chi connectivity index (χ2n) is 13.2. The minimum Gasteiger partial charge on any atom is -0.345 e. The number of benzene rings is 2. The molecule has 2 aromatic rings. The molecule has 5 rings (SSSR count). The van der Waals surface area contributed by atoms with Crippen molar-refractivity contribution in [3.8, 4) is 0 Å². The fourth-order valence-corrected chi connectivity index (χ4v) is 6.62. The SMILES string of the molecule is CCCCC(c1ccc(C(=O)NCC2=NNNN2)cc1)N1C(=O)C(c2ccc(C(F)(F)F)cc2)=NC12CCC(C(C)(C)C)CC2. The van der Waals surface area contributed by atoms with E-state index in [2.05, 4.69) is 54.6 Å². The number of carbonyl (C=O) groups excluding carboxylic acids is 2. The Kier molecular flexibility index (Phi) is 9.25. The maximum Gasteiger partial charge on any atom is 0.416 e. The molecule has 1 aliphatic carbocycles. The van der Waals surface area contributed by atoms with Crippen molar-refractivity contribution in [3.63, 3.8) is 0 Å². The molecule has 2 aliphatic heterocycles. The highest BCUT2D eigenvalue weighted by molar-refractivity contribution is 6.46. The summed E-state index contributed by atoms with van der Waals surface area (Å²) in [5.41, 5.74) is 8.47. The number of rotatable bonds is 9. The molecule has 9 nitrogen and oxygen atoms in total. The minimum absolute atomic E-state index is 0.112. The van der Waals surface area contributed by atoms with Crippen molar-refractivity contribution in [3.05, 3.63) is 70.8 Å². The molecule has 2 amide bonds. The van der Waals surface area contributed by atoms with Crippen LogP contribution in [0.1, 0.15) is 106 Å². The summed E-state index contributed by atoms with van der Waals surface area (Å²) in [4.78, 5) is 34.2. The fourth-order valence-electron chi connectivity index (χ4n) is 6.62. The van der Waals surface area contributed by atoms with E-state index in [1.165, 1.54) is 12.1 Å². The monoisotopic (exact) mass is 625 g/mol. The van der Waals surface area contributed by atoms with Gasteiger partial charge in [0.05, 0.1) is 18.2 Å². The lowest BCUT2D eigenvalue weighted by Gasteiger charge is -2.47. The van der Waals surface area contributed by atoms with E-state index in [0.29, 0.717) is 42.1 Å². The van der Waals surface area contributed by atoms with E-state index in [-0.39, 0.29) is 35.5 Å². The number of aliphatic imine (C=N–C) groups is 1. The van der Waals surface area contributed by atoms with E-state index in [4.69, 9.17) is 4.99 Å². The first-order valence-electron chi connectivity index (χ1n) is 15.6. The van der Waals surface area contributed by atoms with Crippen LogP contribution in [-0.2, 0) is 11.0 Å². The predicted octanol–water partition coefficient (Wildman–Crippen LogP) is 5.86. The normalized spacial score (nSPS) is 22.5. The molecule has 1 saturated carbocycles. The molecular formula is C33H42F3N7O2. The van der Waals surface area contributed by atoms with Crippen molar-refractivity contribution in [2.45, 2.75) is 90.5 Å². The van der Waals surface area contributed by atoms with Gasteiger partial charge >= 0.3 is 6.18 Å². The molecule has 1 atom stereocenters. The van der Waals surface area contributed by atoms with Gasteiger partial charge in [-0.15, -0.1) is 10.6 Å². The fraction of sp³-hybridized carbons (Fsp3) is 0.515. The Morgan fingerprint density at radius 1 is 1.07 bits per heavy atom. The molecule has 0 radical (unpaired) electrons. The number of unbranched alkanes of at least 4 members (excludes halogenated alkanes) is 1. The number of nitrogens with one attached hydrogen (secondary N) is 4. The summed E-state index contributed by atoms with van der Waals surface area (Å²) >= 11 is 0. The number of alkyl halides is 3. The van der Waals surface area contributed by atoms with Gasteiger partial charge in [-0.2, -0.15) is 13.2 Å². The molecule has 0 saturated heterocycles. The molecule has 2 heterocycles. The highest BCUT2D eigenvalue weighted by Gasteiger charge is 2.52. The molecule has 4 N–H and O–H groups in total. The third-order valence-electron chi connectivity index (χ3n) is 9.26. The van der Waals surface area contributed by atoms with Crippen LogP contribution in [-0.4, -0.2) is 40.5 Å². The second kappa shape index (κ2) is 12.8. The Hall–Kier alpha value is -3.93. The molecule has 242 valence electrons. The van der Waals surface area contributed by atoms with Gasteiger partial charge in [-0.25, -0.2) is 5.53 Å². The van der Waals surface area contributed by atoms with E-state index >= 15 is 0 Å². The van der Waals surface area contributed by atoms with Gasteiger partial charge in [0.1, 0.15) is 11.4 Å². The van der Waals surface area contributed by atoms with E-state index in [1.54, 1.807) is 12.1 Å². The van der Waals surface area contributed by atoms with Crippen LogP contribution in [0.25, 0.3) is 0 Å². The summed E-state index contributed by atoms with van der Waals surface area (Å²) in [6, 6.07) is 11.7. The van der Waals surface area contributed by atoms with Gasteiger partial charge in [-0.3, -0.25) is 20.0 Å². The number of amidine groups is 1. The molecule has 2 aromatic carbocycles. The van der Waals surface area contributed by atoms with Gasteiger partial charge < -0.3 is 10.2 Å². The molecular weight excluding hydrogens is 583 g/mol. The quantitative estimate of drug-likeness (QED) is 0.279. The highest BCUT2D eigenvalue weighted by atomic mass is 19.4. The maximum absolute atomic E-state index is 14.4. The lowest BCUT2D eigenvalue weighted by atomic mass is 9.69. The summed E-state index contributed by atoms with van der Waals surface area (Å²) in [6.07, 6.45) is 1.15. The van der Waals surface area contributed by atoms with Crippen molar-refractivity contribution < 1.29 is 22.8 Å². The number of hydrogen-bond acceptors (Lipinski definition) is 7. The number of nitrogens with zero attached hydrogens (tertiary/aromatic N) is 3. The van der Waals surface area contributed by atoms with Crippen LogP contribution in [0.2, 0.25) is 0 Å². The van der Waals surface area contributed by atoms with Crippen molar-refractivity contribution in [2.24, 2.45) is 21.4 Å². The number of hydrogen-bond donors (Lipinski definition) is 4. The summed E-state index contributed by atoms with van der Waals surface area (Å²) in [5.74, 6) is 0.487. The first-order valence-corrected chi connectivity index (χ1v) is 15.6. The summed E-state index contributed by atoms with van der Waals surface area (Å²) in [5, 5.41) is 6.77. The molecule has 1 spiro atoms. The zero-order valence-electron chi connectivity index (χ0n) is 26.2. The number of hydrazone groups is 1. The number of hydrazine groups is 2. The zero-order chi connectivity index (χ0) is 32.4. The van der Waals surface area contributed by atoms with E-state index in [0.717, 1.165) is 43.4 Å². The molecule has 0 aromatic heterocycles. The topological polar surface area (TPSA) is 110 Å². The lowest BCUT2D eigenvalue weighted by Crippen LogP contribution is -2.51. The zero-order valence-corrected chi connectivity index (χ0v) is 26.2. The van der Waals surface area contributed by atoms with Gasteiger partial charge in [-0.05, 0) is 73.3 Å². The van der Waals surface area contributed by atoms with Crippen molar-refractivity contribution in [1.29, 1.82) is 0 Å². The van der Waals surface area contributed by atoms with Gasteiger partial charge in [0.15, 0.2) is 5.84 Å². The standard InChI is InChI=1S/C33H42F3N7O2/c1-5-6-7-26(21-8-10-23(11-9-21)29(44)37-20-27-39-41-42-40-27)43-30(45)28(22-12-14-25(15-13-22)33(34,35)36)38-32(43)18-16-24(17-19-32)31(2,3)4/h8-15,24,26,41-42H,5-7,16-20H2,1-4H3,(H,37,44)(H,39,40). The Morgan fingerprint density at radius 3 is 2.29 bits per heavy atom. The van der Waals surface area contributed by atoms with Crippen LogP contribution in [0.4, 0.5) is 13.2 Å². The maximum atomic E-state index is 14.4. The third kappa shape index (κ3) is 7.00. The molecule has 45 heavy (non-hydrogen) atoms. The predicted molar refractivity (Wildman–Crippen MR) is 167 cm³/mol. The largest absolute Gasteiger partial charge is 0.416 e. The molecule has 3 aliphatic rings.